The first-order valence-electron chi connectivity index (χ1n) is 6.28. The number of nitrogens with zero attached hydrogens (tertiary/aromatic N) is 1. The van der Waals surface area contributed by atoms with Gasteiger partial charge in [-0.05, 0) is 44.4 Å². The van der Waals surface area contributed by atoms with Gasteiger partial charge < -0.3 is 20.1 Å². The Bertz CT molecular complexity index is 355. The van der Waals surface area contributed by atoms with Crippen LogP contribution in [0.25, 0.3) is 0 Å². The summed E-state index contributed by atoms with van der Waals surface area (Å²) in [7, 11) is 0. The van der Waals surface area contributed by atoms with E-state index < -0.39 is 30.3 Å². The van der Waals surface area contributed by atoms with Crippen LogP contribution in [0.3, 0.4) is 0 Å². The van der Waals surface area contributed by atoms with Crippen LogP contribution in [-0.2, 0) is 9.59 Å². The fraction of sp³-hybridized carbons (Fsp3) is 0.615. The Balaban J connectivity index is 0. The molecule has 0 unspecified atom stereocenters. The molecule has 0 amide bonds. The van der Waals surface area contributed by atoms with E-state index in [2.05, 4.69) is 4.99 Å². The zero-order valence-electron chi connectivity index (χ0n) is 11.7. The van der Waals surface area contributed by atoms with Crippen LogP contribution in [0.15, 0.2) is 17.1 Å². The molecule has 0 heterocycles. The van der Waals surface area contributed by atoms with Crippen LogP contribution in [0, 0.1) is 0 Å². The standard InChI is InChI=1S/C13H21NO5.Ca/c1-2-3-4-5-6-7-11(15)14-10(13(18)19)8-9-12(16)17;/h3-4,10H,2,5-9H2,1H3,(H,14,15)(H,16,17)(H,18,19);/q;+2/p-2/b4-3+;/t10-;/m0./s1. The summed E-state index contributed by atoms with van der Waals surface area (Å²) >= 11 is 0. The number of hydrogen-bond donors (Lipinski definition) is 1. The molecule has 1 atom stereocenters. The summed E-state index contributed by atoms with van der Waals surface area (Å²) < 4.78 is 0. The molecule has 0 aliphatic rings. The van der Waals surface area contributed by atoms with Gasteiger partial charge in [-0.1, -0.05) is 19.1 Å². The van der Waals surface area contributed by atoms with Gasteiger partial charge in [0.05, 0.1) is 0 Å². The van der Waals surface area contributed by atoms with Gasteiger partial charge in [0.2, 0.25) is 0 Å². The molecule has 1 N–H and O–H groups in total. The van der Waals surface area contributed by atoms with Gasteiger partial charge in [-0.2, -0.15) is 0 Å². The van der Waals surface area contributed by atoms with Gasteiger partial charge in [0.15, 0.2) is 0 Å². The summed E-state index contributed by atoms with van der Waals surface area (Å²) in [6, 6.07) is -1.29. The zero-order valence-corrected chi connectivity index (χ0v) is 13.9. The van der Waals surface area contributed by atoms with Crippen molar-refractivity contribution < 1.29 is 24.9 Å². The van der Waals surface area contributed by atoms with Crippen LogP contribution >= 0.6 is 0 Å². The molecule has 20 heavy (non-hydrogen) atoms. The maximum absolute atomic E-state index is 11.4. The van der Waals surface area contributed by atoms with Crippen molar-refractivity contribution in [2.75, 3.05) is 0 Å². The predicted octanol–water partition coefficient (Wildman–Crippen LogP) is -0.516. The molecule has 108 valence electrons. The number of carbonyl (C=O) groups is 2. The second kappa shape index (κ2) is 13.4. The second-order valence-corrected chi connectivity index (χ2v) is 4.06. The molecule has 0 aromatic rings. The molecule has 0 aromatic carbocycles. The molecule has 7 heteroatoms. The summed E-state index contributed by atoms with van der Waals surface area (Å²) in [5.41, 5.74) is 0. The maximum atomic E-state index is 11.4. The average Bonchev–Trinajstić information content (AvgIpc) is 2.33. The maximum Gasteiger partial charge on any atom is 2.00 e. The molecule has 0 aliphatic carbocycles. The van der Waals surface area contributed by atoms with Gasteiger partial charge >= 0.3 is 43.7 Å². The minimum atomic E-state index is -1.35. The molecule has 0 aromatic heterocycles. The molecule has 0 rings (SSSR count). The fourth-order valence-electron chi connectivity index (χ4n) is 1.39. The van der Waals surface area contributed by atoms with Crippen molar-refractivity contribution in [2.24, 2.45) is 4.99 Å². The average molecular weight is 309 g/mol. The Kier molecular flexibility index (Phi) is 14.5. The number of aliphatic carboxylic acids is 2. The third kappa shape index (κ3) is 12.4. The van der Waals surface area contributed by atoms with Gasteiger partial charge in [-0.25, -0.2) is 4.79 Å². The first-order chi connectivity index (χ1) is 8.97. The number of carboxylic acids is 2. The van der Waals surface area contributed by atoms with Crippen LogP contribution < -0.4 is 10.2 Å². The van der Waals surface area contributed by atoms with E-state index in [1.807, 2.05) is 19.1 Å². The smallest absolute Gasteiger partial charge is 0.862 e. The van der Waals surface area contributed by atoms with Crippen LogP contribution in [0.4, 0.5) is 0 Å². The van der Waals surface area contributed by atoms with E-state index in [0.29, 0.717) is 6.42 Å². The molecule has 0 spiro atoms. The molecular weight excluding hydrogens is 290 g/mol. The van der Waals surface area contributed by atoms with Crippen molar-refractivity contribution in [1.82, 2.24) is 0 Å². The van der Waals surface area contributed by atoms with Crippen molar-refractivity contribution in [2.45, 2.75) is 51.5 Å². The molecule has 0 fully saturated rings. The molecule has 0 saturated heterocycles. The fourth-order valence-corrected chi connectivity index (χ4v) is 1.39. The van der Waals surface area contributed by atoms with E-state index >= 15 is 0 Å². The summed E-state index contributed by atoms with van der Waals surface area (Å²) in [5, 5.41) is 30.5. The summed E-state index contributed by atoms with van der Waals surface area (Å²) in [5.74, 6) is -3.14. The number of hydrogen-bond acceptors (Lipinski definition) is 5. The number of allylic oxidation sites excluding steroid dienone is 2. The monoisotopic (exact) mass is 309 g/mol. The topological polar surface area (TPSA) is 113 Å². The minimum absolute atomic E-state index is 0. The van der Waals surface area contributed by atoms with Gasteiger partial charge in [-0.15, -0.1) is 0 Å². The van der Waals surface area contributed by atoms with Crippen molar-refractivity contribution >= 4 is 55.6 Å². The van der Waals surface area contributed by atoms with Crippen molar-refractivity contribution in [1.29, 1.82) is 0 Å². The largest absolute Gasteiger partial charge is 2.00 e. The van der Waals surface area contributed by atoms with Gasteiger partial charge in [0.1, 0.15) is 6.04 Å². The number of carbonyl (C=O) groups excluding carboxylic acids is 1. The first-order valence-corrected chi connectivity index (χ1v) is 6.28. The molecule has 0 radical (unpaired) electrons. The van der Waals surface area contributed by atoms with Crippen molar-refractivity contribution in [3.05, 3.63) is 12.2 Å². The normalized spacial score (nSPS) is 12.9. The number of aliphatic imine (C=N–C) groups is 1. The van der Waals surface area contributed by atoms with E-state index in [9.17, 15) is 19.8 Å². The van der Waals surface area contributed by atoms with Crippen molar-refractivity contribution in [3.63, 3.8) is 0 Å². The van der Waals surface area contributed by atoms with E-state index in [1.54, 1.807) is 0 Å². The molecular formula is C13H19CaNO5. The number of rotatable bonds is 10. The minimum Gasteiger partial charge on any atom is -0.862 e. The Morgan fingerprint density at radius 2 is 1.90 bits per heavy atom. The number of carboxylic acid groups (broad SMARTS) is 2. The van der Waals surface area contributed by atoms with Gasteiger partial charge in [-0.3, -0.25) is 4.99 Å². The Morgan fingerprint density at radius 3 is 2.40 bits per heavy atom. The Hall–Kier alpha value is -0.590. The molecule has 0 saturated carbocycles. The van der Waals surface area contributed by atoms with Gasteiger partial charge in [0.25, 0.3) is 0 Å². The van der Waals surface area contributed by atoms with E-state index in [1.165, 1.54) is 0 Å². The summed E-state index contributed by atoms with van der Waals surface area (Å²) in [6.07, 6.45) is 5.75. The molecule has 0 aliphatic heterocycles. The third-order valence-corrected chi connectivity index (χ3v) is 2.37. The molecule has 6 nitrogen and oxygen atoms in total. The third-order valence-electron chi connectivity index (χ3n) is 2.37. The van der Waals surface area contributed by atoms with Gasteiger partial charge in [0, 0.05) is 5.97 Å². The summed E-state index contributed by atoms with van der Waals surface area (Å²) in [4.78, 5) is 24.6. The first kappa shape index (κ1) is 21.7. The van der Waals surface area contributed by atoms with E-state index in [-0.39, 0.29) is 50.6 Å². The SMILES string of the molecule is CC/C=C/CCCC([O-])=N[C@@H](CCC(=O)[O-])C(=O)O.[Ca+2]. The van der Waals surface area contributed by atoms with Crippen LogP contribution in [0.5, 0.6) is 0 Å². The second-order valence-electron chi connectivity index (χ2n) is 4.06. The van der Waals surface area contributed by atoms with Crippen LogP contribution in [-0.4, -0.2) is 66.7 Å². The van der Waals surface area contributed by atoms with E-state index in [4.69, 9.17) is 5.11 Å². The Labute approximate surface area is 148 Å². The Morgan fingerprint density at radius 1 is 1.25 bits per heavy atom. The van der Waals surface area contributed by atoms with Crippen LogP contribution in [0.1, 0.15) is 45.4 Å². The number of unbranched alkanes of at least 4 members (excludes halogenated alkanes) is 1. The van der Waals surface area contributed by atoms with E-state index in [0.717, 1.165) is 12.8 Å². The summed E-state index contributed by atoms with van der Waals surface area (Å²) in [6.45, 7) is 2.01. The quantitative estimate of drug-likeness (QED) is 0.192. The van der Waals surface area contributed by atoms with Crippen molar-refractivity contribution in [3.8, 4) is 0 Å². The van der Waals surface area contributed by atoms with Crippen LogP contribution in [0.2, 0.25) is 0 Å². The molecule has 0 bridgehead atoms. The predicted molar refractivity (Wildman–Crippen MR) is 72.1 cm³/mol. The zero-order chi connectivity index (χ0) is 14.7.